The number of nitrogens with zero attached hydrogens (tertiary/aromatic N) is 1. The Hall–Kier alpha value is -1.44. The summed E-state index contributed by atoms with van der Waals surface area (Å²) in [5, 5.41) is 0. The molecule has 0 bridgehead atoms. The Morgan fingerprint density at radius 1 is 1.45 bits per heavy atom. The highest BCUT2D eigenvalue weighted by atomic mass is 32.2. The van der Waals surface area contributed by atoms with Gasteiger partial charge in [0.05, 0.1) is 17.6 Å². The Morgan fingerprint density at radius 2 is 2.15 bits per heavy atom. The molecule has 0 unspecified atom stereocenters. The molecule has 6 nitrogen and oxygen atoms in total. The van der Waals surface area contributed by atoms with E-state index in [4.69, 9.17) is 5.73 Å². The van der Waals surface area contributed by atoms with Crippen LogP contribution in [-0.2, 0) is 14.8 Å². The van der Waals surface area contributed by atoms with Gasteiger partial charge in [0.25, 0.3) is 0 Å². The first-order valence-corrected chi connectivity index (χ1v) is 7.75. The number of rotatable bonds is 3. The van der Waals surface area contributed by atoms with Gasteiger partial charge in [0, 0.05) is 19.1 Å². The standard InChI is InChI=1S/C13H18N2O4S/c1-9-11(13(16)19-2)4-3-5-12(9)20(17,18)15-7-6-10(14)8-15/h3-5,10H,6-8,14H2,1-2H3/t10-/m1/s1. The van der Waals surface area contributed by atoms with Crippen molar-refractivity contribution >= 4 is 16.0 Å². The predicted octanol–water partition coefficient (Wildman–Crippen LogP) is 0.503. The van der Waals surface area contributed by atoms with Crippen LogP contribution in [0.4, 0.5) is 0 Å². The van der Waals surface area contributed by atoms with Crippen LogP contribution in [0, 0.1) is 6.92 Å². The third-order valence-electron chi connectivity index (χ3n) is 3.49. The fourth-order valence-corrected chi connectivity index (χ4v) is 4.10. The molecular formula is C13H18N2O4S. The van der Waals surface area contributed by atoms with Gasteiger partial charge in [-0.1, -0.05) is 6.07 Å². The first kappa shape index (κ1) is 15.0. The van der Waals surface area contributed by atoms with Crippen LogP contribution in [0.5, 0.6) is 0 Å². The van der Waals surface area contributed by atoms with Crippen molar-refractivity contribution in [1.82, 2.24) is 4.31 Å². The van der Waals surface area contributed by atoms with Crippen LogP contribution >= 0.6 is 0 Å². The topological polar surface area (TPSA) is 89.7 Å². The zero-order chi connectivity index (χ0) is 14.9. The quantitative estimate of drug-likeness (QED) is 0.821. The lowest BCUT2D eigenvalue weighted by Crippen LogP contribution is -2.32. The van der Waals surface area contributed by atoms with E-state index in [0.717, 1.165) is 0 Å². The van der Waals surface area contributed by atoms with E-state index in [-0.39, 0.29) is 16.5 Å². The van der Waals surface area contributed by atoms with Crippen molar-refractivity contribution in [2.75, 3.05) is 20.2 Å². The van der Waals surface area contributed by atoms with Crippen LogP contribution in [-0.4, -0.2) is 44.9 Å². The van der Waals surface area contributed by atoms with Crippen LogP contribution in [0.25, 0.3) is 0 Å². The van der Waals surface area contributed by atoms with E-state index in [9.17, 15) is 13.2 Å². The Balaban J connectivity index is 2.45. The third kappa shape index (κ3) is 2.56. The van der Waals surface area contributed by atoms with E-state index in [0.29, 0.717) is 25.1 Å². The molecule has 1 aliphatic heterocycles. The first-order chi connectivity index (χ1) is 9.37. The van der Waals surface area contributed by atoms with Gasteiger partial charge in [-0.15, -0.1) is 0 Å². The van der Waals surface area contributed by atoms with Gasteiger partial charge in [0.2, 0.25) is 10.0 Å². The highest BCUT2D eigenvalue weighted by Gasteiger charge is 2.32. The molecule has 1 saturated heterocycles. The van der Waals surface area contributed by atoms with Crippen LogP contribution in [0.3, 0.4) is 0 Å². The molecule has 0 amide bonds. The van der Waals surface area contributed by atoms with Crippen LogP contribution in [0.15, 0.2) is 23.1 Å². The minimum absolute atomic E-state index is 0.131. The molecule has 110 valence electrons. The molecule has 0 saturated carbocycles. The minimum Gasteiger partial charge on any atom is -0.465 e. The smallest absolute Gasteiger partial charge is 0.338 e. The van der Waals surface area contributed by atoms with Crippen molar-refractivity contribution in [2.24, 2.45) is 5.73 Å². The molecule has 1 aliphatic rings. The fourth-order valence-electron chi connectivity index (χ4n) is 2.34. The average molecular weight is 298 g/mol. The number of sulfonamides is 1. The monoisotopic (exact) mass is 298 g/mol. The lowest BCUT2D eigenvalue weighted by Gasteiger charge is -2.18. The maximum absolute atomic E-state index is 12.6. The minimum atomic E-state index is -3.62. The molecule has 1 fully saturated rings. The zero-order valence-electron chi connectivity index (χ0n) is 11.5. The van der Waals surface area contributed by atoms with E-state index < -0.39 is 16.0 Å². The number of ether oxygens (including phenoxy) is 1. The highest BCUT2D eigenvalue weighted by Crippen LogP contribution is 2.25. The number of esters is 1. The summed E-state index contributed by atoms with van der Waals surface area (Å²) in [6.07, 6.45) is 0.648. The Morgan fingerprint density at radius 3 is 2.70 bits per heavy atom. The number of carbonyl (C=O) groups excluding carboxylic acids is 1. The van der Waals surface area contributed by atoms with Gasteiger partial charge in [0.1, 0.15) is 0 Å². The van der Waals surface area contributed by atoms with E-state index in [2.05, 4.69) is 4.74 Å². The lowest BCUT2D eigenvalue weighted by molar-refractivity contribution is 0.0599. The summed E-state index contributed by atoms with van der Waals surface area (Å²) in [6.45, 7) is 2.32. The largest absolute Gasteiger partial charge is 0.465 e. The maximum Gasteiger partial charge on any atom is 0.338 e. The van der Waals surface area contributed by atoms with Crippen LogP contribution < -0.4 is 5.73 Å². The summed E-state index contributed by atoms with van der Waals surface area (Å²) in [4.78, 5) is 11.8. The molecule has 0 spiro atoms. The van der Waals surface area contributed by atoms with Gasteiger partial charge < -0.3 is 10.5 Å². The van der Waals surface area contributed by atoms with Gasteiger partial charge in [-0.05, 0) is 31.0 Å². The zero-order valence-corrected chi connectivity index (χ0v) is 12.3. The summed E-state index contributed by atoms with van der Waals surface area (Å²) >= 11 is 0. The molecule has 1 atom stereocenters. The molecule has 2 N–H and O–H groups in total. The molecule has 0 radical (unpaired) electrons. The van der Waals surface area contributed by atoms with Crippen molar-refractivity contribution in [3.63, 3.8) is 0 Å². The van der Waals surface area contributed by atoms with Gasteiger partial charge in [0.15, 0.2) is 0 Å². The molecule has 0 aliphatic carbocycles. The van der Waals surface area contributed by atoms with Gasteiger partial charge in [-0.3, -0.25) is 0 Å². The second-order valence-electron chi connectivity index (χ2n) is 4.83. The first-order valence-electron chi connectivity index (χ1n) is 6.31. The highest BCUT2D eigenvalue weighted by molar-refractivity contribution is 7.89. The van der Waals surface area contributed by atoms with E-state index >= 15 is 0 Å². The molecule has 2 rings (SSSR count). The van der Waals surface area contributed by atoms with Gasteiger partial charge in [-0.25, -0.2) is 13.2 Å². The number of hydrogen-bond acceptors (Lipinski definition) is 5. The SMILES string of the molecule is COC(=O)c1cccc(S(=O)(=O)N2CC[C@@H](N)C2)c1C. The second kappa shape index (κ2) is 5.51. The van der Waals surface area contributed by atoms with Crippen molar-refractivity contribution in [3.8, 4) is 0 Å². The molecule has 7 heteroatoms. The number of hydrogen-bond donors (Lipinski definition) is 1. The summed E-state index contributed by atoms with van der Waals surface area (Å²) in [6, 6.07) is 4.47. The summed E-state index contributed by atoms with van der Waals surface area (Å²) in [5.41, 5.74) is 6.42. The Bertz CT molecular complexity index is 627. The molecule has 1 aromatic rings. The second-order valence-corrected chi connectivity index (χ2v) is 6.74. The third-order valence-corrected chi connectivity index (χ3v) is 5.50. The summed E-state index contributed by atoms with van der Waals surface area (Å²) in [7, 11) is -2.35. The summed E-state index contributed by atoms with van der Waals surface area (Å²) in [5.74, 6) is -0.544. The van der Waals surface area contributed by atoms with E-state index in [1.54, 1.807) is 19.1 Å². The molecule has 1 heterocycles. The van der Waals surface area contributed by atoms with Crippen LogP contribution in [0.2, 0.25) is 0 Å². The normalized spacial score (nSPS) is 20.1. The van der Waals surface area contributed by atoms with Crippen molar-refractivity contribution < 1.29 is 17.9 Å². The summed E-state index contributed by atoms with van der Waals surface area (Å²) < 4.78 is 31.2. The number of methoxy groups -OCH3 is 1. The van der Waals surface area contributed by atoms with E-state index in [1.165, 1.54) is 17.5 Å². The average Bonchev–Trinajstić information content (AvgIpc) is 2.85. The number of nitrogens with two attached hydrogens (primary N) is 1. The Labute approximate surface area is 118 Å². The molecular weight excluding hydrogens is 280 g/mol. The van der Waals surface area contributed by atoms with Gasteiger partial charge in [-0.2, -0.15) is 4.31 Å². The molecule has 0 aromatic heterocycles. The van der Waals surface area contributed by atoms with E-state index in [1.807, 2.05) is 0 Å². The number of carbonyl (C=O) groups is 1. The van der Waals surface area contributed by atoms with Crippen molar-refractivity contribution in [1.29, 1.82) is 0 Å². The predicted molar refractivity (Wildman–Crippen MR) is 73.9 cm³/mol. The maximum atomic E-state index is 12.6. The van der Waals surface area contributed by atoms with Crippen LogP contribution in [0.1, 0.15) is 22.3 Å². The van der Waals surface area contributed by atoms with Crippen molar-refractivity contribution in [3.05, 3.63) is 29.3 Å². The van der Waals surface area contributed by atoms with Gasteiger partial charge >= 0.3 is 5.97 Å². The number of benzene rings is 1. The fraction of sp³-hybridized carbons (Fsp3) is 0.462. The van der Waals surface area contributed by atoms with Crippen molar-refractivity contribution in [2.45, 2.75) is 24.3 Å². The Kier molecular flexibility index (Phi) is 4.12. The molecule has 20 heavy (non-hydrogen) atoms. The molecule has 1 aromatic carbocycles. The lowest BCUT2D eigenvalue weighted by atomic mass is 10.1.